The molecule has 0 spiro atoms. The number of amides is 12. The Labute approximate surface area is 366 Å². The van der Waals surface area contributed by atoms with Gasteiger partial charge in [0.1, 0.15) is 5.60 Å². The van der Waals surface area contributed by atoms with Crippen LogP contribution in [0.5, 0.6) is 0 Å². The Morgan fingerprint density at radius 2 is 0.734 bits per heavy atom. The predicted octanol–water partition coefficient (Wildman–Crippen LogP) is -5.48. The van der Waals surface area contributed by atoms with Gasteiger partial charge in [-0.15, -0.1) is 0 Å². The summed E-state index contributed by atoms with van der Waals surface area (Å²) < 4.78 is 5.10. The van der Waals surface area contributed by atoms with Crippen molar-refractivity contribution in [1.29, 1.82) is 0 Å². The minimum Gasteiger partial charge on any atom is -0.481 e. The molecule has 0 radical (unpaired) electrons. The standard InChI is InChI=1S/C21H31N5O8.C17H23N5O8/c1-21(2,3)34-20(33)8-9-22-15(28)11-24-17(30)13-25-16(29)12-23-14(27)5-4-10-26-18(31)6-7-19(26)32;23-11(2-1-7-22-15(27)3-4-16(22)28)19-9-13(25)21-10-14(26)20-8-12(24)18-6-5-17(29)30/h6-7H,4-5,8-13H2,1-3H3,(H,22,28)(H,23,27)(H,24,30)(H,25,29);3-4H,1-2,5-10H2,(H,18,24)(H,19,23)(H,20,26)(H,21,25)(H,29,30). The van der Waals surface area contributed by atoms with Gasteiger partial charge in [0.2, 0.25) is 47.3 Å². The highest BCUT2D eigenvalue weighted by atomic mass is 16.6. The molecule has 0 aromatic heterocycles. The fourth-order valence-electron chi connectivity index (χ4n) is 4.73. The van der Waals surface area contributed by atoms with Gasteiger partial charge in [0.05, 0.1) is 52.1 Å². The molecule has 26 heteroatoms. The molecule has 0 aromatic rings. The van der Waals surface area contributed by atoms with Gasteiger partial charge in [0.25, 0.3) is 23.6 Å². The topological polar surface area (TPSA) is 371 Å². The Morgan fingerprint density at radius 1 is 0.453 bits per heavy atom. The first-order chi connectivity index (χ1) is 30.1. The molecule has 2 rings (SSSR count). The molecule has 12 amide bonds. The van der Waals surface area contributed by atoms with Crippen LogP contribution in [-0.4, -0.2) is 169 Å². The third-order valence-electron chi connectivity index (χ3n) is 7.78. The van der Waals surface area contributed by atoms with Crippen LogP contribution in [0.3, 0.4) is 0 Å². The largest absolute Gasteiger partial charge is 0.481 e. The van der Waals surface area contributed by atoms with Gasteiger partial charge in [-0.25, -0.2) is 0 Å². The van der Waals surface area contributed by atoms with Gasteiger partial charge >= 0.3 is 11.9 Å². The molecule has 0 aromatic carbocycles. The van der Waals surface area contributed by atoms with E-state index in [0.29, 0.717) is 0 Å². The fourth-order valence-corrected chi connectivity index (χ4v) is 4.73. The zero-order valence-corrected chi connectivity index (χ0v) is 35.6. The molecule has 0 fully saturated rings. The minimum absolute atomic E-state index is 0.00180. The van der Waals surface area contributed by atoms with Crippen molar-refractivity contribution >= 4 is 82.8 Å². The van der Waals surface area contributed by atoms with Crippen molar-refractivity contribution in [3.63, 3.8) is 0 Å². The van der Waals surface area contributed by atoms with Crippen molar-refractivity contribution in [3.8, 4) is 0 Å². The maximum atomic E-state index is 11.7. The SMILES string of the molecule is CC(C)(C)OC(=O)CCNC(=O)CNC(=O)CNC(=O)CNC(=O)CCCN1C(=O)C=CC1=O.O=C(O)CCNC(=O)CNC(=O)CNC(=O)CNC(=O)CCCN1C(=O)C=CC1=O. The predicted molar refractivity (Wildman–Crippen MR) is 217 cm³/mol. The highest BCUT2D eigenvalue weighted by Gasteiger charge is 2.24. The second-order valence-electron chi connectivity index (χ2n) is 14.4. The van der Waals surface area contributed by atoms with Gasteiger partial charge in [-0.3, -0.25) is 76.9 Å². The van der Waals surface area contributed by atoms with Crippen LogP contribution >= 0.6 is 0 Å². The number of carboxylic acids is 1. The Morgan fingerprint density at radius 3 is 1.03 bits per heavy atom. The summed E-state index contributed by atoms with van der Waals surface area (Å²) in [5.41, 5.74) is -0.614. The summed E-state index contributed by atoms with van der Waals surface area (Å²) in [5.74, 6) is -7.74. The lowest BCUT2D eigenvalue weighted by atomic mass is 10.2. The average molecular weight is 907 g/mol. The first-order valence-electron chi connectivity index (χ1n) is 19.7. The Hall–Kier alpha value is -7.54. The zero-order chi connectivity index (χ0) is 48.2. The molecule has 9 N–H and O–H groups in total. The maximum Gasteiger partial charge on any atom is 0.308 e. The number of ether oxygens (including phenoxy) is 1. The van der Waals surface area contributed by atoms with Crippen LogP contribution < -0.4 is 42.5 Å². The van der Waals surface area contributed by atoms with E-state index in [1.165, 1.54) is 0 Å². The monoisotopic (exact) mass is 906 g/mol. The summed E-state index contributed by atoms with van der Waals surface area (Å²) in [4.78, 5) is 162. The number of imide groups is 2. The fraction of sp³-hybridized carbons (Fsp3) is 0.526. The van der Waals surface area contributed by atoms with Crippen molar-refractivity contribution < 1.29 is 77.0 Å². The van der Waals surface area contributed by atoms with Crippen LogP contribution in [0.2, 0.25) is 0 Å². The van der Waals surface area contributed by atoms with Crippen LogP contribution in [0.25, 0.3) is 0 Å². The van der Waals surface area contributed by atoms with E-state index in [4.69, 9.17) is 9.84 Å². The third-order valence-corrected chi connectivity index (χ3v) is 7.78. The summed E-state index contributed by atoms with van der Waals surface area (Å²) in [6, 6.07) is 0. The third kappa shape index (κ3) is 25.9. The van der Waals surface area contributed by atoms with Gasteiger partial charge in [0, 0.05) is 63.3 Å². The second-order valence-corrected chi connectivity index (χ2v) is 14.4. The molecule has 0 bridgehead atoms. The number of nitrogens with one attached hydrogen (secondary N) is 8. The summed E-state index contributed by atoms with van der Waals surface area (Å²) in [6.45, 7) is 3.12. The normalized spacial score (nSPS) is 12.7. The van der Waals surface area contributed by atoms with Gasteiger partial charge in [-0.1, -0.05) is 0 Å². The highest BCUT2D eigenvalue weighted by Crippen LogP contribution is 2.08. The molecule has 2 aliphatic rings. The first kappa shape index (κ1) is 54.5. The molecule has 0 saturated carbocycles. The molecule has 0 unspecified atom stereocenters. The summed E-state index contributed by atoms with van der Waals surface area (Å²) in [5, 5.41) is 27.0. The molecule has 2 heterocycles. The highest BCUT2D eigenvalue weighted by molar-refractivity contribution is 6.13. The molecule has 352 valence electrons. The number of esters is 1. The summed E-state index contributed by atoms with van der Waals surface area (Å²) >= 11 is 0. The molecule has 0 atom stereocenters. The van der Waals surface area contributed by atoms with E-state index in [2.05, 4.69) is 42.5 Å². The maximum absolute atomic E-state index is 11.7. The molecule has 64 heavy (non-hydrogen) atoms. The lowest BCUT2D eigenvalue weighted by molar-refractivity contribution is -0.155. The van der Waals surface area contributed by atoms with E-state index in [1.807, 2.05) is 0 Å². The van der Waals surface area contributed by atoms with Crippen molar-refractivity contribution in [2.24, 2.45) is 0 Å². The number of carboxylic acid groups (broad SMARTS) is 1. The Bertz CT molecular complexity index is 1820. The summed E-state index contributed by atoms with van der Waals surface area (Å²) in [6.07, 6.45) is 4.85. The first-order valence-corrected chi connectivity index (χ1v) is 19.7. The van der Waals surface area contributed by atoms with E-state index in [1.54, 1.807) is 20.8 Å². The zero-order valence-electron chi connectivity index (χ0n) is 35.6. The lowest BCUT2D eigenvalue weighted by Crippen LogP contribution is -2.44. The second kappa shape index (κ2) is 28.9. The van der Waals surface area contributed by atoms with Crippen LogP contribution in [0, 0.1) is 0 Å². The van der Waals surface area contributed by atoms with E-state index < -0.39 is 102 Å². The molecule has 2 aliphatic heterocycles. The number of aliphatic carboxylic acids is 1. The number of hydrogen-bond acceptors (Lipinski definition) is 15. The Kier molecular flexibility index (Phi) is 24.6. The van der Waals surface area contributed by atoms with Crippen LogP contribution in [0.1, 0.15) is 59.3 Å². The van der Waals surface area contributed by atoms with Crippen LogP contribution in [0.15, 0.2) is 24.3 Å². The number of carbonyl (C=O) groups excluding carboxylic acids is 13. The number of hydrogen-bond donors (Lipinski definition) is 9. The van der Waals surface area contributed by atoms with Gasteiger partial charge < -0.3 is 52.4 Å². The van der Waals surface area contributed by atoms with Crippen LogP contribution in [-0.2, 0) is 71.9 Å². The van der Waals surface area contributed by atoms with Crippen molar-refractivity contribution in [2.45, 2.75) is 64.9 Å². The number of rotatable bonds is 26. The van der Waals surface area contributed by atoms with Crippen molar-refractivity contribution in [2.75, 3.05) is 65.4 Å². The van der Waals surface area contributed by atoms with E-state index in [9.17, 15) is 67.1 Å². The van der Waals surface area contributed by atoms with Gasteiger partial charge in [-0.2, -0.15) is 0 Å². The van der Waals surface area contributed by atoms with Crippen molar-refractivity contribution in [3.05, 3.63) is 24.3 Å². The lowest BCUT2D eigenvalue weighted by Gasteiger charge is -2.19. The van der Waals surface area contributed by atoms with Crippen LogP contribution in [0.4, 0.5) is 0 Å². The van der Waals surface area contributed by atoms with Gasteiger partial charge in [-0.05, 0) is 33.6 Å². The van der Waals surface area contributed by atoms with E-state index in [-0.39, 0.29) is 90.9 Å². The number of nitrogens with zero attached hydrogens (tertiary/aromatic N) is 2. The van der Waals surface area contributed by atoms with Gasteiger partial charge in [0.15, 0.2) is 0 Å². The summed E-state index contributed by atoms with van der Waals surface area (Å²) in [7, 11) is 0. The van der Waals surface area contributed by atoms with E-state index in [0.717, 1.165) is 34.1 Å². The number of carbonyl (C=O) groups is 14. The Balaban J connectivity index is 0.000000645. The molecule has 0 aliphatic carbocycles. The molecular weight excluding hydrogens is 852 g/mol. The molecular formula is C38H54N10O16. The minimum atomic E-state index is -1.07. The van der Waals surface area contributed by atoms with Crippen molar-refractivity contribution in [1.82, 2.24) is 52.3 Å². The van der Waals surface area contributed by atoms with E-state index >= 15 is 0 Å². The quantitative estimate of drug-likeness (QED) is 0.0289. The average Bonchev–Trinajstić information content (AvgIpc) is 3.71. The smallest absolute Gasteiger partial charge is 0.308 e. The molecule has 26 nitrogen and oxygen atoms in total. The molecule has 0 saturated heterocycles.